The van der Waals surface area contributed by atoms with Crippen LogP contribution in [0.25, 0.3) is 0 Å². The maximum atomic E-state index is 3.36. The molecule has 0 saturated heterocycles. The molecule has 0 atom stereocenters. The SMILES string of the molecule is CCNCc1ccc(Sc2ccc(C)cc2)c(C)c1. The predicted octanol–water partition coefficient (Wildman–Crippen LogP) is 4.56. The van der Waals surface area contributed by atoms with E-state index < -0.39 is 0 Å². The zero-order valence-corrected chi connectivity index (χ0v) is 12.7. The summed E-state index contributed by atoms with van der Waals surface area (Å²) >= 11 is 1.84. The number of benzene rings is 2. The Morgan fingerprint density at radius 3 is 2.37 bits per heavy atom. The molecule has 0 aliphatic carbocycles. The fourth-order valence-corrected chi connectivity index (χ4v) is 2.82. The van der Waals surface area contributed by atoms with Gasteiger partial charge in [-0.1, -0.05) is 48.5 Å². The van der Waals surface area contributed by atoms with Crippen LogP contribution >= 0.6 is 11.8 Å². The summed E-state index contributed by atoms with van der Waals surface area (Å²) in [6.45, 7) is 8.40. The molecule has 0 aliphatic rings. The van der Waals surface area contributed by atoms with Gasteiger partial charge in [0.1, 0.15) is 0 Å². The Morgan fingerprint density at radius 2 is 1.74 bits per heavy atom. The molecule has 0 unspecified atom stereocenters. The minimum atomic E-state index is 0.951. The molecule has 0 aromatic heterocycles. The molecule has 0 fully saturated rings. The summed E-state index contributed by atoms with van der Waals surface area (Å²) in [5.41, 5.74) is 4.01. The quantitative estimate of drug-likeness (QED) is 0.855. The maximum absolute atomic E-state index is 3.36. The van der Waals surface area contributed by atoms with E-state index in [-0.39, 0.29) is 0 Å². The molecule has 1 nitrogen and oxygen atoms in total. The largest absolute Gasteiger partial charge is 0.313 e. The summed E-state index contributed by atoms with van der Waals surface area (Å²) in [4.78, 5) is 2.64. The lowest BCUT2D eigenvalue weighted by atomic mass is 10.1. The first kappa shape index (κ1) is 14.2. The maximum Gasteiger partial charge on any atom is 0.0205 e. The summed E-state index contributed by atoms with van der Waals surface area (Å²) in [6, 6.07) is 15.4. The molecule has 0 bridgehead atoms. The first-order valence-corrected chi connectivity index (χ1v) is 7.55. The third-order valence-electron chi connectivity index (χ3n) is 3.07. The summed E-state index contributed by atoms with van der Waals surface area (Å²) in [6.07, 6.45) is 0. The van der Waals surface area contributed by atoms with Gasteiger partial charge in [-0.2, -0.15) is 0 Å². The highest BCUT2D eigenvalue weighted by molar-refractivity contribution is 7.99. The van der Waals surface area contributed by atoms with Gasteiger partial charge in [0.25, 0.3) is 0 Å². The van der Waals surface area contributed by atoms with Crippen LogP contribution in [0.15, 0.2) is 52.3 Å². The Morgan fingerprint density at radius 1 is 1.00 bits per heavy atom. The van der Waals surface area contributed by atoms with Gasteiger partial charge in [-0.05, 0) is 49.7 Å². The zero-order valence-electron chi connectivity index (χ0n) is 11.9. The van der Waals surface area contributed by atoms with Gasteiger partial charge in [0, 0.05) is 16.3 Å². The van der Waals surface area contributed by atoms with Gasteiger partial charge in [0.15, 0.2) is 0 Å². The summed E-state index contributed by atoms with van der Waals surface area (Å²) in [5.74, 6) is 0. The lowest BCUT2D eigenvalue weighted by Gasteiger charge is -2.09. The van der Waals surface area contributed by atoms with Crippen LogP contribution in [0.4, 0.5) is 0 Å². The van der Waals surface area contributed by atoms with Crippen molar-refractivity contribution in [3.63, 3.8) is 0 Å². The van der Waals surface area contributed by atoms with Crippen LogP contribution in [0, 0.1) is 13.8 Å². The normalized spacial score (nSPS) is 10.7. The van der Waals surface area contributed by atoms with Crippen molar-refractivity contribution in [1.29, 1.82) is 0 Å². The van der Waals surface area contributed by atoms with Crippen molar-refractivity contribution in [3.05, 3.63) is 59.2 Å². The average molecular weight is 271 g/mol. The van der Waals surface area contributed by atoms with Gasteiger partial charge in [0.05, 0.1) is 0 Å². The monoisotopic (exact) mass is 271 g/mol. The molecule has 0 spiro atoms. The van der Waals surface area contributed by atoms with E-state index >= 15 is 0 Å². The molecule has 0 radical (unpaired) electrons. The standard InChI is InChI=1S/C17H21NS/c1-4-18-12-15-7-10-17(14(3)11-15)19-16-8-5-13(2)6-9-16/h5-11,18H,4,12H2,1-3H3. The van der Waals surface area contributed by atoms with Gasteiger partial charge >= 0.3 is 0 Å². The second-order valence-corrected chi connectivity index (χ2v) is 5.91. The van der Waals surface area contributed by atoms with Crippen LogP contribution in [0.1, 0.15) is 23.6 Å². The van der Waals surface area contributed by atoms with E-state index in [1.54, 1.807) is 0 Å². The van der Waals surface area contributed by atoms with Crippen LogP contribution in [-0.4, -0.2) is 6.54 Å². The van der Waals surface area contributed by atoms with Gasteiger partial charge < -0.3 is 5.32 Å². The van der Waals surface area contributed by atoms with Crippen molar-refractivity contribution in [1.82, 2.24) is 5.32 Å². The third kappa shape index (κ3) is 4.12. The van der Waals surface area contributed by atoms with E-state index in [1.165, 1.54) is 26.5 Å². The molecule has 0 saturated carbocycles. The number of hydrogen-bond acceptors (Lipinski definition) is 2. The summed E-state index contributed by atoms with van der Waals surface area (Å²) < 4.78 is 0. The minimum absolute atomic E-state index is 0.951. The molecule has 100 valence electrons. The molecule has 0 amide bonds. The molecule has 2 aromatic rings. The van der Waals surface area contributed by atoms with E-state index in [0.29, 0.717) is 0 Å². The van der Waals surface area contributed by atoms with E-state index in [1.807, 2.05) is 11.8 Å². The predicted molar refractivity (Wildman–Crippen MR) is 83.9 cm³/mol. The molecule has 2 rings (SSSR count). The summed E-state index contributed by atoms with van der Waals surface area (Å²) in [7, 11) is 0. The van der Waals surface area contributed by atoms with E-state index in [2.05, 4.69) is 68.6 Å². The van der Waals surface area contributed by atoms with E-state index in [0.717, 1.165) is 13.1 Å². The van der Waals surface area contributed by atoms with Crippen molar-refractivity contribution in [2.24, 2.45) is 0 Å². The van der Waals surface area contributed by atoms with E-state index in [4.69, 9.17) is 0 Å². The first-order valence-electron chi connectivity index (χ1n) is 6.74. The van der Waals surface area contributed by atoms with E-state index in [9.17, 15) is 0 Å². The van der Waals surface area contributed by atoms with Crippen molar-refractivity contribution in [2.75, 3.05) is 6.54 Å². The van der Waals surface area contributed by atoms with Crippen LogP contribution in [0.3, 0.4) is 0 Å². The molecular formula is C17H21NS. The third-order valence-corrected chi connectivity index (χ3v) is 4.25. The lowest BCUT2D eigenvalue weighted by molar-refractivity contribution is 0.726. The second-order valence-electron chi connectivity index (χ2n) is 4.80. The fraction of sp³-hybridized carbons (Fsp3) is 0.294. The van der Waals surface area contributed by atoms with Crippen LogP contribution < -0.4 is 5.32 Å². The molecule has 0 aliphatic heterocycles. The van der Waals surface area contributed by atoms with Gasteiger partial charge in [-0.15, -0.1) is 0 Å². The van der Waals surface area contributed by atoms with Crippen molar-refractivity contribution >= 4 is 11.8 Å². The number of hydrogen-bond donors (Lipinski definition) is 1. The number of aryl methyl sites for hydroxylation is 2. The molecule has 2 heteroatoms. The van der Waals surface area contributed by atoms with Crippen molar-refractivity contribution < 1.29 is 0 Å². The molecule has 0 heterocycles. The second kappa shape index (κ2) is 6.78. The highest BCUT2D eigenvalue weighted by atomic mass is 32.2. The summed E-state index contributed by atoms with van der Waals surface area (Å²) in [5, 5.41) is 3.36. The average Bonchev–Trinajstić information content (AvgIpc) is 2.41. The van der Waals surface area contributed by atoms with Gasteiger partial charge in [-0.25, -0.2) is 0 Å². The molecular weight excluding hydrogens is 250 g/mol. The minimum Gasteiger partial charge on any atom is -0.313 e. The topological polar surface area (TPSA) is 12.0 Å². The number of rotatable bonds is 5. The van der Waals surface area contributed by atoms with Gasteiger partial charge in [0.2, 0.25) is 0 Å². The highest BCUT2D eigenvalue weighted by Gasteiger charge is 2.02. The van der Waals surface area contributed by atoms with Crippen LogP contribution in [0.2, 0.25) is 0 Å². The van der Waals surface area contributed by atoms with Gasteiger partial charge in [-0.3, -0.25) is 0 Å². The first-order chi connectivity index (χ1) is 9.19. The van der Waals surface area contributed by atoms with Crippen molar-refractivity contribution in [2.45, 2.75) is 37.1 Å². The molecule has 2 aromatic carbocycles. The smallest absolute Gasteiger partial charge is 0.0205 e. The lowest BCUT2D eigenvalue weighted by Crippen LogP contribution is -2.11. The van der Waals surface area contributed by atoms with Crippen LogP contribution in [-0.2, 0) is 6.54 Å². The highest BCUT2D eigenvalue weighted by Crippen LogP contribution is 2.30. The molecule has 1 N–H and O–H groups in total. The Bertz CT molecular complexity index is 531. The Kier molecular flexibility index (Phi) is 5.06. The number of nitrogens with one attached hydrogen (secondary N) is 1. The fourth-order valence-electron chi connectivity index (χ4n) is 1.94. The molecule has 19 heavy (non-hydrogen) atoms. The van der Waals surface area contributed by atoms with Crippen LogP contribution in [0.5, 0.6) is 0 Å². The Labute approximate surface area is 120 Å². The zero-order chi connectivity index (χ0) is 13.7. The Hall–Kier alpha value is -1.25. The Balaban J connectivity index is 2.10. The van der Waals surface area contributed by atoms with Crippen molar-refractivity contribution in [3.8, 4) is 0 Å².